The van der Waals surface area contributed by atoms with E-state index in [-0.39, 0.29) is 11.1 Å². The van der Waals surface area contributed by atoms with Crippen LogP contribution >= 0.6 is 23.2 Å². The third-order valence-corrected chi connectivity index (χ3v) is 3.61. The first-order valence-corrected chi connectivity index (χ1v) is 6.89. The largest absolute Gasteiger partial charge is 0.334 e. The van der Waals surface area contributed by atoms with E-state index < -0.39 is 11.2 Å². The van der Waals surface area contributed by atoms with Gasteiger partial charge in [0.15, 0.2) is 0 Å². The van der Waals surface area contributed by atoms with E-state index in [1.54, 1.807) is 25.1 Å². The Hall–Kier alpha value is -1.52. The van der Waals surface area contributed by atoms with Gasteiger partial charge in [0, 0.05) is 5.02 Å². The van der Waals surface area contributed by atoms with Crippen molar-refractivity contribution in [2.75, 3.05) is 0 Å². The lowest BCUT2D eigenvalue weighted by atomic mass is 10.1. The molecule has 6 heteroatoms. The molecule has 2 aromatic rings. The first-order chi connectivity index (χ1) is 9.32. The average molecular weight is 313 g/mol. The maximum absolute atomic E-state index is 12.5. The zero-order chi connectivity index (χ0) is 15.0. The second-order valence-electron chi connectivity index (χ2n) is 4.88. The molecule has 20 heavy (non-hydrogen) atoms. The molecule has 0 saturated heterocycles. The Morgan fingerprint density at radius 3 is 2.45 bits per heavy atom. The number of aryl methyl sites for hydroxylation is 1. The summed E-state index contributed by atoms with van der Waals surface area (Å²) in [6, 6.07) is 5.05. The topological polar surface area (TPSA) is 54.9 Å². The molecule has 2 rings (SSSR count). The van der Waals surface area contributed by atoms with Crippen molar-refractivity contribution in [1.82, 2.24) is 9.55 Å². The van der Waals surface area contributed by atoms with E-state index in [0.717, 1.165) is 10.1 Å². The summed E-state index contributed by atoms with van der Waals surface area (Å²) in [4.78, 5) is 27.1. The van der Waals surface area contributed by atoms with Gasteiger partial charge in [0.05, 0.1) is 11.3 Å². The van der Waals surface area contributed by atoms with E-state index in [1.165, 1.54) is 0 Å². The van der Waals surface area contributed by atoms with Gasteiger partial charge in [-0.3, -0.25) is 9.78 Å². The Morgan fingerprint density at radius 2 is 1.85 bits per heavy atom. The summed E-state index contributed by atoms with van der Waals surface area (Å²) in [7, 11) is 0. The van der Waals surface area contributed by atoms with Gasteiger partial charge in [-0.15, -0.1) is 0 Å². The molecule has 106 valence electrons. The molecule has 0 atom stereocenters. The summed E-state index contributed by atoms with van der Waals surface area (Å²) in [6.45, 7) is 5.49. The molecule has 1 N–H and O–H groups in total. The molecule has 0 bridgehead atoms. The minimum Gasteiger partial charge on any atom is -0.297 e. The number of hydrogen-bond acceptors (Lipinski definition) is 2. The van der Waals surface area contributed by atoms with Crippen LogP contribution < -0.4 is 11.2 Å². The first kappa shape index (κ1) is 14.9. The molecule has 0 aliphatic carbocycles. The molecule has 4 nitrogen and oxygen atoms in total. The normalized spacial score (nSPS) is 11.1. The van der Waals surface area contributed by atoms with Crippen LogP contribution in [0.25, 0.3) is 5.69 Å². The van der Waals surface area contributed by atoms with Crippen LogP contribution in [0.15, 0.2) is 27.8 Å². The third-order valence-electron chi connectivity index (χ3n) is 3.08. The minimum atomic E-state index is -0.574. The minimum absolute atomic E-state index is 0.0888. The summed E-state index contributed by atoms with van der Waals surface area (Å²) in [5.41, 5.74) is 0.626. The van der Waals surface area contributed by atoms with E-state index in [4.69, 9.17) is 23.2 Å². The molecule has 0 spiro atoms. The molecule has 1 heterocycles. The Kier molecular flexibility index (Phi) is 4.06. The van der Waals surface area contributed by atoms with Crippen molar-refractivity contribution < 1.29 is 0 Å². The highest BCUT2D eigenvalue weighted by atomic mass is 35.5. The van der Waals surface area contributed by atoms with Crippen molar-refractivity contribution in [3.8, 4) is 5.69 Å². The summed E-state index contributed by atoms with van der Waals surface area (Å²) in [5, 5.41) is 0.545. The van der Waals surface area contributed by atoms with Crippen LogP contribution in [0.4, 0.5) is 0 Å². The van der Waals surface area contributed by atoms with Crippen LogP contribution in [0.5, 0.6) is 0 Å². The Balaban J connectivity index is 2.88. The van der Waals surface area contributed by atoms with Crippen molar-refractivity contribution >= 4 is 23.2 Å². The molecular formula is C14H14Cl2N2O2. The van der Waals surface area contributed by atoms with Gasteiger partial charge < -0.3 is 0 Å². The van der Waals surface area contributed by atoms with Gasteiger partial charge in [0.1, 0.15) is 5.15 Å². The van der Waals surface area contributed by atoms with Crippen LogP contribution in [0.1, 0.15) is 30.9 Å². The fraction of sp³-hybridized carbons (Fsp3) is 0.286. The van der Waals surface area contributed by atoms with Crippen LogP contribution in [-0.2, 0) is 0 Å². The number of aromatic amines is 1. The number of benzene rings is 1. The van der Waals surface area contributed by atoms with E-state index in [9.17, 15) is 9.59 Å². The molecule has 0 fully saturated rings. The number of hydrogen-bond donors (Lipinski definition) is 1. The first-order valence-electron chi connectivity index (χ1n) is 6.14. The van der Waals surface area contributed by atoms with Gasteiger partial charge in [-0.2, -0.15) is 0 Å². The molecule has 0 aliphatic rings. The fourth-order valence-corrected chi connectivity index (χ4v) is 2.61. The number of nitrogens with zero attached hydrogens (tertiary/aromatic N) is 1. The van der Waals surface area contributed by atoms with Crippen molar-refractivity contribution in [2.24, 2.45) is 0 Å². The molecule has 1 aromatic carbocycles. The van der Waals surface area contributed by atoms with Gasteiger partial charge in [-0.25, -0.2) is 9.36 Å². The monoisotopic (exact) mass is 312 g/mol. The standard InChI is InChI=1S/C14H14Cl2N2O2/c1-7(2)11-12(16)17-14(20)18(13(11)19)10-6-9(15)5-4-8(10)3/h4-7H,1-3H3,(H,17,20). The number of aromatic nitrogens is 2. The highest BCUT2D eigenvalue weighted by molar-refractivity contribution is 6.30. The maximum atomic E-state index is 12.5. The van der Waals surface area contributed by atoms with Crippen LogP contribution in [-0.4, -0.2) is 9.55 Å². The van der Waals surface area contributed by atoms with Gasteiger partial charge in [-0.1, -0.05) is 43.1 Å². The van der Waals surface area contributed by atoms with Crippen LogP contribution in [0, 0.1) is 6.92 Å². The lowest BCUT2D eigenvalue weighted by molar-refractivity contribution is 0.775. The highest BCUT2D eigenvalue weighted by Crippen LogP contribution is 2.20. The second kappa shape index (κ2) is 5.46. The average Bonchev–Trinajstić information content (AvgIpc) is 2.32. The summed E-state index contributed by atoms with van der Waals surface area (Å²) in [5.74, 6) is -0.0995. The molecule has 0 unspecified atom stereocenters. The van der Waals surface area contributed by atoms with Crippen molar-refractivity contribution in [3.63, 3.8) is 0 Å². The van der Waals surface area contributed by atoms with Crippen molar-refractivity contribution in [2.45, 2.75) is 26.7 Å². The Labute approximate surface area is 126 Å². The summed E-state index contributed by atoms with van der Waals surface area (Å²) < 4.78 is 1.07. The van der Waals surface area contributed by atoms with Crippen molar-refractivity contribution in [1.29, 1.82) is 0 Å². The Morgan fingerprint density at radius 1 is 1.20 bits per heavy atom. The predicted molar refractivity (Wildman–Crippen MR) is 81.5 cm³/mol. The quantitative estimate of drug-likeness (QED) is 0.865. The highest BCUT2D eigenvalue weighted by Gasteiger charge is 2.17. The van der Waals surface area contributed by atoms with Gasteiger partial charge >= 0.3 is 5.69 Å². The number of nitrogens with one attached hydrogen (secondary N) is 1. The molecule has 1 aromatic heterocycles. The molecule has 0 saturated carbocycles. The smallest absolute Gasteiger partial charge is 0.297 e. The lowest BCUT2D eigenvalue weighted by Gasteiger charge is -2.13. The SMILES string of the molecule is Cc1ccc(Cl)cc1-n1c(=O)[nH]c(Cl)c(C(C)C)c1=O. The number of rotatable bonds is 2. The van der Waals surface area contributed by atoms with Gasteiger partial charge in [0.2, 0.25) is 0 Å². The zero-order valence-corrected chi connectivity index (χ0v) is 12.8. The van der Waals surface area contributed by atoms with E-state index >= 15 is 0 Å². The summed E-state index contributed by atoms with van der Waals surface area (Å²) in [6.07, 6.45) is 0. The summed E-state index contributed by atoms with van der Waals surface area (Å²) >= 11 is 11.9. The lowest BCUT2D eigenvalue weighted by Crippen LogP contribution is -2.37. The zero-order valence-electron chi connectivity index (χ0n) is 11.3. The van der Waals surface area contributed by atoms with Crippen LogP contribution in [0.2, 0.25) is 10.2 Å². The predicted octanol–water partition coefficient (Wildman–Crippen LogP) is 3.26. The molecular weight excluding hydrogens is 299 g/mol. The molecule has 0 aliphatic heterocycles. The second-order valence-corrected chi connectivity index (χ2v) is 5.70. The van der Waals surface area contributed by atoms with Crippen LogP contribution in [0.3, 0.4) is 0 Å². The third kappa shape index (κ3) is 2.53. The fourth-order valence-electron chi connectivity index (χ4n) is 2.07. The maximum Gasteiger partial charge on any atom is 0.334 e. The number of halogens is 2. The molecule has 0 amide bonds. The van der Waals surface area contributed by atoms with Gasteiger partial charge in [-0.05, 0) is 30.5 Å². The Bertz CT molecular complexity index is 776. The van der Waals surface area contributed by atoms with Gasteiger partial charge in [0.25, 0.3) is 5.56 Å². The number of H-pyrrole nitrogens is 1. The van der Waals surface area contributed by atoms with E-state index in [2.05, 4.69) is 4.98 Å². The van der Waals surface area contributed by atoms with Crippen molar-refractivity contribution in [3.05, 3.63) is 60.3 Å². The van der Waals surface area contributed by atoms with E-state index in [1.807, 2.05) is 13.8 Å². The van der Waals surface area contributed by atoms with E-state index in [0.29, 0.717) is 16.3 Å². The molecule has 0 radical (unpaired) electrons.